The Morgan fingerprint density at radius 3 is 2.40 bits per heavy atom. The van der Waals surface area contributed by atoms with Gasteiger partial charge in [0.2, 0.25) is 0 Å². The van der Waals surface area contributed by atoms with Crippen molar-refractivity contribution in [2.75, 3.05) is 5.73 Å². The van der Waals surface area contributed by atoms with E-state index in [2.05, 4.69) is 5.10 Å². The Labute approximate surface area is 89.5 Å². The van der Waals surface area contributed by atoms with E-state index < -0.39 is 0 Å². The minimum absolute atomic E-state index is 0.765. The lowest BCUT2D eigenvalue weighted by Crippen LogP contribution is -2.03. The van der Waals surface area contributed by atoms with Crippen molar-refractivity contribution >= 4 is 5.69 Å². The van der Waals surface area contributed by atoms with Gasteiger partial charge in [0.15, 0.2) is 0 Å². The molecule has 0 aliphatic rings. The van der Waals surface area contributed by atoms with Gasteiger partial charge >= 0.3 is 0 Å². The van der Waals surface area contributed by atoms with Crippen LogP contribution in [0.2, 0.25) is 0 Å². The number of aromatic nitrogens is 2. The normalized spacial score (nSPS) is 10.6. The van der Waals surface area contributed by atoms with Gasteiger partial charge in [-0.15, -0.1) is 0 Å². The number of nitrogens with two attached hydrogens (primary N) is 1. The van der Waals surface area contributed by atoms with Crippen molar-refractivity contribution in [2.24, 2.45) is 0 Å². The standard InChI is InChI=1S/C12H15N3/c1-8-4-5-12(11(13)6-8)15-10(3)7-9(2)14-15/h4-7H,13H2,1-3H3. The fourth-order valence-electron chi connectivity index (χ4n) is 1.74. The minimum atomic E-state index is 0.765. The molecule has 0 bridgehead atoms. The summed E-state index contributed by atoms with van der Waals surface area (Å²) in [5.41, 5.74) is 11.0. The van der Waals surface area contributed by atoms with E-state index in [9.17, 15) is 0 Å². The van der Waals surface area contributed by atoms with Crippen LogP contribution in [0, 0.1) is 20.8 Å². The number of rotatable bonds is 1. The van der Waals surface area contributed by atoms with Crippen molar-refractivity contribution in [2.45, 2.75) is 20.8 Å². The van der Waals surface area contributed by atoms with E-state index >= 15 is 0 Å². The molecule has 3 nitrogen and oxygen atoms in total. The molecule has 0 amide bonds. The molecule has 0 unspecified atom stereocenters. The first-order valence-electron chi connectivity index (χ1n) is 4.97. The van der Waals surface area contributed by atoms with Gasteiger partial charge in [-0.3, -0.25) is 0 Å². The first kappa shape index (κ1) is 9.77. The monoisotopic (exact) mass is 201 g/mol. The highest BCUT2D eigenvalue weighted by Gasteiger charge is 2.06. The van der Waals surface area contributed by atoms with Crippen LogP contribution in [0.5, 0.6) is 0 Å². The van der Waals surface area contributed by atoms with Crippen LogP contribution in [0.4, 0.5) is 5.69 Å². The molecule has 0 aliphatic heterocycles. The highest BCUT2D eigenvalue weighted by molar-refractivity contribution is 5.59. The van der Waals surface area contributed by atoms with Crippen molar-refractivity contribution in [3.8, 4) is 5.69 Å². The van der Waals surface area contributed by atoms with Crippen LogP contribution in [0.1, 0.15) is 17.0 Å². The van der Waals surface area contributed by atoms with E-state index in [1.807, 2.05) is 49.7 Å². The predicted molar refractivity (Wildman–Crippen MR) is 62.2 cm³/mol. The van der Waals surface area contributed by atoms with Crippen LogP contribution in [0.25, 0.3) is 5.69 Å². The van der Waals surface area contributed by atoms with Gasteiger partial charge < -0.3 is 5.73 Å². The van der Waals surface area contributed by atoms with E-state index in [0.29, 0.717) is 0 Å². The van der Waals surface area contributed by atoms with E-state index in [1.165, 1.54) is 0 Å². The summed E-state index contributed by atoms with van der Waals surface area (Å²) >= 11 is 0. The Morgan fingerprint density at radius 2 is 1.87 bits per heavy atom. The molecule has 0 fully saturated rings. The van der Waals surface area contributed by atoms with Gasteiger partial charge in [0, 0.05) is 5.69 Å². The molecule has 0 saturated carbocycles. The van der Waals surface area contributed by atoms with Gasteiger partial charge in [-0.05, 0) is 44.5 Å². The zero-order valence-corrected chi connectivity index (χ0v) is 9.28. The average molecular weight is 201 g/mol. The summed E-state index contributed by atoms with van der Waals surface area (Å²) in [5.74, 6) is 0. The molecule has 2 N–H and O–H groups in total. The topological polar surface area (TPSA) is 43.8 Å². The molecule has 0 aliphatic carbocycles. The predicted octanol–water partition coefficient (Wildman–Crippen LogP) is 2.38. The third-order valence-electron chi connectivity index (χ3n) is 2.42. The quantitative estimate of drug-likeness (QED) is 0.720. The van der Waals surface area contributed by atoms with E-state index in [4.69, 9.17) is 5.73 Å². The molecule has 0 radical (unpaired) electrons. The largest absolute Gasteiger partial charge is 0.397 e. The van der Waals surface area contributed by atoms with Crippen LogP contribution in [-0.2, 0) is 0 Å². The number of nitrogens with zero attached hydrogens (tertiary/aromatic N) is 2. The summed E-state index contributed by atoms with van der Waals surface area (Å²) < 4.78 is 1.88. The van der Waals surface area contributed by atoms with Gasteiger partial charge in [0.05, 0.1) is 17.1 Å². The Kier molecular flexibility index (Phi) is 2.23. The number of aryl methyl sites for hydroxylation is 3. The van der Waals surface area contributed by atoms with Gasteiger partial charge in [-0.25, -0.2) is 4.68 Å². The first-order chi connectivity index (χ1) is 7.08. The summed E-state index contributed by atoms with van der Waals surface area (Å²) in [4.78, 5) is 0. The summed E-state index contributed by atoms with van der Waals surface area (Å²) in [6, 6.07) is 8.05. The van der Waals surface area contributed by atoms with Crippen LogP contribution in [0.15, 0.2) is 24.3 Å². The van der Waals surface area contributed by atoms with Crippen molar-refractivity contribution in [1.82, 2.24) is 9.78 Å². The Hall–Kier alpha value is -1.77. The molecular weight excluding hydrogens is 186 g/mol. The third kappa shape index (κ3) is 1.73. The van der Waals surface area contributed by atoms with Crippen molar-refractivity contribution in [3.63, 3.8) is 0 Å². The first-order valence-corrected chi connectivity index (χ1v) is 4.97. The molecule has 78 valence electrons. The molecule has 2 aromatic rings. The number of benzene rings is 1. The van der Waals surface area contributed by atoms with Gasteiger partial charge in [0.25, 0.3) is 0 Å². The average Bonchev–Trinajstić information content (AvgIpc) is 2.45. The minimum Gasteiger partial charge on any atom is -0.397 e. The highest BCUT2D eigenvalue weighted by atomic mass is 15.3. The van der Waals surface area contributed by atoms with E-state index in [0.717, 1.165) is 28.3 Å². The van der Waals surface area contributed by atoms with Gasteiger partial charge in [-0.1, -0.05) is 6.07 Å². The zero-order chi connectivity index (χ0) is 11.0. The molecule has 3 heteroatoms. The number of hydrogen-bond acceptors (Lipinski definition) is 2. The Morgan fingerprint density at radius 1 is 1.13 bits per heavy atom. The lowest BCUT2D eigenvalue weighted by molar-refractivity contribution is 0.835. The highest BCUT2D eigenvalue weighted by Crippen LogP contribution is 2.20. The lowest BCUT2D eigenvalue weighted by Gasteiger charge is -2.08. The summed E-state index contributed by atoms with van der Waals surface area (Å²) in [6.45, 7) is 6.04. The molecule has 0 spiro atoms. The van der Waals surface area contributed by atoms with E-state index in [1.54, 1.807) is 0 Å². The van der Waals surface area contributed by atoms with Gasteiger partial charge in [0.1, 0.15) is 0 Å². The Balaban J connectivity index is 2.59. The summed E-state index contributed by atoms with van der Waals surface area (Å²) in [7, 11) is 0. The van der Waals surface area contributed by atoms with Crippen LogP contribution < -0.4 is 5.73 Å². The van der Waals surface area contributed by atoms with Crippen molar-refractivity contribution in [3.05, 3.63) is 41.2 Å². The second-order valence-electron chi connectivity index (χ2n) is 3.90. The third-order valence-corrected chi connectivity index (χ3v) is 2.42. The Bertz CT molecular complexity index is 498. The summed E-state index contributed by atoms with van der Waals surface area (Å²) in [5, 5.41) is 4.41. The maximum Gasteiger partial charge on any atom is 0.0878 e. The van der Waals surface area contributed by atoms with Crippen LogP contribution >= 0.6 is 0 Å². The lowest BCUT2D eigenvalue weighted by atomic mass is 10.2. The van der Waals surface area contributed by atoms with Crippen molar-refractivity contribution in [1.29, 1.82) is 0 Å². The van der Waals surface area contributed by atoms with Crippen molar-refractivity contribution < 1.29 is 0 Å². The fourth-order valence-corrected chi connectivity index (χ4v) is 1.74. The molecule has 0 saturated heterocycles. The maximum atomic E-state index is 5.97. The number of anilines is 1. The van der Waals surface area contributed by atoms with Gasteiger partial charge in [-0.2, -0.15) is 5.10 Å². The second kappa shape index (κ2) is 3.42. The SMILES string of the molecule is Cc1ccc(-n2nc(C)cc2C)c(N)c1. The molecule has 15 heavy (non-hydrogen) atoms. The molecule has 2 rings (SSSR count). The summed E-state index contributed by atoms with van der Waals surface area (Å²) in [6.07, 6.45) is 0. The zero-order valence-electron chi connectivity index (χ0n) is 9.28. The second-order valence-corrected chi connectivity index (χ2v) is 3.90. The molecular formula is C12H15N3. The number of nitrogen functional groups attached to an aromatic ring is 1. The van der Waals surface area contributed by atoms with E-state index in [-0.39, 0.29) is 0 Å². The molecule has 1 heterocycles. The molecule has 0 atom stereocenters. The smallest absolute Gasteiger partial charge is 0.0878 e. The fraction of sp³-hybridized carbons (Fsp3) is 0.250. The maximum absolute atomic E-state index is 5.97. The van der Waals surface area contributed by atoms with Crippen LogP contribution in [0.3, 0.4) is 0 Å². The number of hydrogen-bond donors (Lipinski definition) is 1. The molecule has 1 aromatic heterocycles. The van der Waals surface area contributed by atoms with Crippen LogP contribution in [-0.4, -0.2) is 9.78 Å². The molecule has 1 aromatic carbocycles.